The number of methoxy groups -OCH3 is 1. The SMILES string of the molecule is COc1ccccc1CNC(=O)COC(=O)[C@@H]1CC(O)CN1S(=O)(=O)c1ccc(C)c(C)c1. The monoisotopic (exact) mass is 476 g/mol. The summed E-state index contributed by atoms with van der Waals surface area (Å²) in [7, 11) is -2.52. The summed E-state index contributed by atoms with van der Waals surface area (Å²) in [5, 5.41) is 12.7. The Bertz CT molecular complexity index is 1130. The van der Waals surface area contributed by atoms with E-state index < -0.39 is 40.7 Å². The number of hydrogen-bond acceptors (Lipinski definition) is 7. The Hall–Kier alpha value is -2.95. The summed E-state index contributed by atoms with van der Waals surface area (Å²) in [6, 6.07) is 10.6. The highest BCUT2D eigenvalue weighted by molar-refractivity contribution is 7.89. The second kappa shape index (κ2) is 10.3. The molecule has 178 valence electrons. The van der Waals surface area contributed by atoms with E-state index in [0.29, 0.717) is 5.75 Å². The molecule has 10 heteroatoms. The van der Waals surface area contributed by atoms with Crippen LogP contribution in [-0.2, 0) is 30.9 Å². The van der Waals surface area contributed by atoms with Crippen molar-refractivity contribution in [2.45, 2.75) is 43.9 Å². The van der Waals surface area contributed by atoms with E-state index in [1.54, 1.807) is 37.3 Å². The van der Waals surface area contributed by atoms with Gasteiger partial charge in [0.2, 0.25) is 10.0 Å². The van der Waals surface area contributed by atoms with E-state index in [9.17, 15) is 23.1 Å². The van der Waals surface area contributed by atoms with Crippen molar-refractivity contribution in [1.82, 2.24) is 9.62 Å². The van der Waals surface area contributed by atoms with Gasteiger partial charge >= 0.3 is 5.97 Å². The van der Waals surface area contributed by atoms with Crippen molar-refractivity contribution in [2.24, 2.45) is 0 Å². The molecule has 0 bridgehead atoms. The Balaban J connectivity index is 1.63. The number of aliphatic hydroxyl groups excluding tert-OH is 1. The smallest absolute Gasteiger partial charge is 0.325 e. The van der Waals surface area contributed by atoms with Crippen molar-refractivity contribution >= 4 is 21.9 Å². The van der Waals surface area contributed by atoms with Crippen molar-refractivity contribution in [3.8, 4) is 5.75 Å². The van der Waals surface area contributed by atoms with E-state index in [1.807, 2.05) is 6.92 Å². The number of amides is 1. The number of aryl methyl sites for hydroxylation is 2. The Kier molecular flexibility index (Phi) is 7.72. The highest BCUT2D eigenvalue weighted by atomic mass is 32.2. The van der Waals surface area contributed by atoms with E-state index in [1.165, 1.54) is 19.2 Å². The van der Waals surface area contributed by atoms with E-state index in [2.05, 4.69) is 5.32 Å². The number of benzene rings is 2. The van der Waals surface area contributed by atoms with Gasteiger partial charge in [0, 0.05) is 25.1 Å². The Labute approximate surface area is 193 Å². The van der Waals surface area contributed by atoms with Crippen LogP contribution >= 0.6 is 0 Å². The summed E-state index contributed by atoms with van der Waals surface area (Å²) in [6.07, 6.45) is -1.12. The average molecular weight is 477 g/mol. The number of aliphatic hydroxyl groups is 1. The van der Waals surface area contributed by atoms with Gasteiger partial charge in [-0.1, -0.05) is 24.3 Å². The van der Waals surface area contributed by atoms with Crippen LogP contribution in [0.1, 0.15) is 23.1 Å². The number of ether oxygens (including phenoxy) is 2. The van der Waals surface area contributed by atoms with Crippen molar-refractivity contribution < 1.29 is 32.6 Å². The quantitative estimate of drug-likeness (QED) is 0.551. The lowest BCUT2D eigenvalue weighted by molar-refractivity contribution is -0.151. The van der Waals surface area contributed by atoms with Gasteiger partial charge in [0.05, 0.1) is 18.1 Å². The van der Waals surface area contributed by atoms with Gasteiger partial charge in [-0.3, -0.25) is 9.59 Å². The number of carbonyl (C=O) groups excluding carboxylic acids is 2. The molecular weight excluding hydrogens is 448 g/mol. The lowest BCUT2D eigenvalue weighted by Gasteiger charge is -2.22. The van der Waals surface area contributed by atoms with E-state index in [-0.39, 0.29) is 24.4 Å². The molecule has 0 aromatic heterocycles. The van der Waals surface area contributed by atoms with Gasteiger partial charge in [0.15, 0.2) is 6.61 Å². The highest BCUT2D eigenvalue weighted by Crippen LogP contribution is 2.28. The van der Waals surface area contributed by atoms with Crippen molar-refractivity contribution in [2.75, 3.05) is 20.3 Å². The number of rotatable bonds is 8. The summed E-state index contributed by atoms with van der Waals surface area (Å²) in [4.78, 5) is 24.8. The number of para-hydroxylation sites is 1. The molecule has 33 heavy (non-hydrogen) atoms. The lowest BCUT2D eigenvalue weighted by atomic mass is 10.1. The average Bonchev–Trinajstić information content (AvgIpc) is 3.20. The fourth-order valence-corrected chi connectivity index (χ4v) is 5.31. The van der Waals surface area contributed by atoms with Crippen LogP contribution in [0.3, 0.4) is 0 Å². The molecule has 3 rings (SSSR count). The number of β-amino-alcohol motifs (C(OH)–C–C–N with tert-alkyl or cyclic N) is 1. The maximum Gasteiger partial charge on any atom is 0.325 e. The second-order valence-corrected chi connectivity index (χ2v) is 9.81. The van der Waals surface area contributed by atoms with E-state index in [4.69, 9.17) is 9.47 Å². The Morgan fingerprint density at radius 1 is 1.15 bits per heavy atom. The third kappa shape index (κ3) is 5.70. The van der Waals surface area contributed by atoms with Gasteiger partial charge in [0.25, 0.3) is 5.91 Å². The summed E-state index contributed by atoms with van der Waals surface area (Å²) < 4.78 is 37.5. The molecule has 0 saturated carbocycles. The van der Waals surface area contributed by atoms with Crippen molar-refractivity contribution in [1.29, 1.82) is 0 Å². The predicted molar refractivity (Wildman–Crippen MR) is 120 cm³/mol. The minimum Gasteiger partial charge on any atom is -0.496 e. The molecule has 1 fully saturated rings. The number of esters is 1. The molecule has 2 N–H and O–H groups in total. The summed E-state index contributed by atoms with van der Waals surface area (Å²) >= 11 is 0. The van der Waals surface area contributed by atoms with Crippen LogP contribution in [0.2, 0.25) is 0 Å². The second-order valence-electron chi connectivity index (χ2n) is 7.92. The first kappa shape index (κ1) is 24.7. The Morgan fingerprint density at radius 2 is 1.88 bits per heavy atom. The molecule has 0 spiro atoms. The van der Waals surface area contributed by atoms with Gasteiger partial charge < -0.3 is 19.9 Å². The summed E-state index contributed by atoms with van der Waals surface area (Å²) in [5.74, 6) is -0.815. The largest absolute Gasteiger partial charge is 0.496 e. The number of nitrogens with zero attached hydrogens (tertiary/aromatic N) is 1. The number of hydrogen-bond donors (Lipinski definition) is 2. The number of sulfonamides is 1. The van der Waals surface area contributed by atoms with Crippen LogP contribution in [-0.4, -0.2) is 62.1 Å². The van der Waals surface area contributed by atoms with Gasteiger partial charge in [-0.2, -0.15) is 4.31 Å². The molecule has 9 nitrogen and oxygen atoms in total. The molecular formula is C23H28N2O7S. The molecule has 0 aliphatic carbocycles. The van der Waals surface area contributed by atoms with Crippen LogP contribution in [0.25, 0.3) is 0 Å². The molecule has 2 aromatic rings. The minimum absolute atomic E-state index is 0.0343. The zero-order valence-electron chi connectivity index (χ0n) is 18.8. The fraction of sp³-hybridized carbons (Fsp3) is 0.391. The van der Waals surface area contributed by atoms with Crippen molar-refractivity contribution in [3.63, 3.8) is 0 Å². The zero-order chi connectivity index (χ0) is 24.2. The number of nitrogens with one attached hydrogen (secondary N) is 1. The lowest BCUT2D eigenvalue weighted by Crippen LogP contribution is -2.42. The molecule has 1 aliphatic rings. The molecule has 1 aliphatic heterocycles. The highest BCUT2D eigenvalue weighted by Gasteiger charge is 2.44. The van der Waals surface area contributed by atoms with Crippen LogP contribution in [0.15, 0.2) is 47.4 Å². The molecule has 2 aromatic carbocycles. The van der Waals surface area contributed by atoms with Crippen molar-refractivity contribution in [3.05, 3.63) is 59.2 Å². The zero-order valence-corrected chi connectivity index (χ0v) is 19.6. The maximum atomic E-state index is 13.1. The minimum atomic E-state index is -4.04. The topological polar surface area (TPSA) is 122 Å². The molecule has 2 atom stereocenters. The third-order valence-electron chi connectivity index (χ3n) is 5.60. The van der Waals surface area contributed by atoms with E-state index in [0.717, 1.165) is 21.0 Å². The first-order chi connectivity index (χ1) is 15.6. The van der Waals surface area contributed by atoms with Gasteiger partial charge in [-0.15, -0.1) is 0 Å². The van der Waals surface area contributed by atoms with Gasteiger partial charge in [-0.05, 0) is 43.2 Å². The van der Waals surface area contributed by atoms with Crippen LogP contribution in [0.4, 0.5) is 0 Å². The third-order valence-corrected chi connectivity index (χ3v) is 7.48. The van der Waals surface area contributed by atoms with Crippen LogP contribution < -0.4 is 10.1 Å². The van der Waals surface area contributed by atoms with E-state index >= 15 is 0 Å². The van der Waals surface area contributed by atoms with Gasteiger partial charge in [-0.25, -0.2) is 8.42 Å². The molecule has 0 radical (unpaired) electrons. The van der Waals surface area contributed by atoms with Crippen LogP contribution in [0, 0.1) is 13.8 Å². The van der Waals surface area contributed by atoms with Gasteiger partial charge in [0.1, 0.15) is 11.8 Å². The molecule has 1 saturated heterocycles. The summed E-state index contributed by atoms with van der Waals surface area (Å²) in [6.45, 7) is 3.04. The Morgan fingerprint density at radius 3 is 2.58 bits per heavy atom. The number of carbonyl (C=O) groups is 2. The first-order valence-electron chi connectivity index (χ1n) is 10.5. The standard InChI is InChI=1S/C23H28N2O7S/c1-15-8-9-19(10-16(15)2)33(29,30)25-13-18(26)11-20(25)23(28)32-14-22(27)24-12-17-6-4-5-7-21(17)31-3/h4-10,18,20,26H,11-14H2,1-3H3,(H,24,27)/t18?,20-/m0/s1. The first-order valence-corrected chi connectivity index (χ1v) is 11.9. The maximum absolute atomic E-state index is 13.1. The predicted octanol–water partition coefficient (Wildman–Crippen LogP) is 1.30. The molecule has 1 unspecified atom stereocenters. The fourth-order valence-electron chi connectivity index (χ4n) is 3.60. The molecule has 1 amide bonds. The molecule has 1 heterocycles. The summed E-state index contributed by atoms with van der Waals surface area (Å²) in [5.41, 5.74) is 2.48. The normalized spacial score (nSPS) is 18.7. The van der Waals surface area contributed by atoms with Crippen LogP contribution in [0.5, 0.6) is 5.75 Å².